The molecule has 0 atom stereocenters. The largest absolute Gasteiger partial charge is 0.399 e. The van der Waals surface area contributed by atoms with Crippen molar-refractivity contribution in [3.8, 4) is 0 Å². The van der Waals surface area contributed by atoms with Crippen molar-refractivity contribution in [1.82, 2.24) is 0 Å². The highest BCUT2D eigenvalue weighted by atomic mass is 19.1. The van der Waals surface area contributed by atoms with Crippen LogP contribution in [0.15, 0.2) is 42.5 Å². The first kappa shape index (κ1) is 13.0. The number of carbonyl (C=O) groups is 1. The van der Waals surface area contributed by atoms with E-state index in [0.29, 0.717) is 11.3 Å². The van der Waals surface area contributed by atoms with Gasteiger partial charge in [-0.15, -0.1) is 0 Å². The summed E-state index contributed by atoms with van der Waals surface area (Å²) in [6.45, 7) is 0. The molecule has 3 N–H and O–H groups in total. The first-order valence-corrected chi connectivity index (χ1v) is 5.64. The predicted molar refractivity (Wildman–Crippen MR) is 69.5 cm³/mol. The van der Waals surface area contributed by atoms with Gasteiger partial charge in [0.1, 0.15) is 11.6 Å². The molecule has 0 unspecified atom stereocenters. The van der Waals surface area contributed by atoms with Crippen molar-refractivity contribution in [2.45, 2.75) is 6.42 Å². The van der Waals surface area contributed by atoms with Gasteiger partial charge in [-0.1, -0.05) is 12.1 Å². The number of nitrogens with two attached hydrogens (primary N) is 1. The lowest BCUT2D eigenvalue weighted by Gasteiger charge is -2.07. The average Bonchev–Trinajstić information content (AvgIpc) is 2.34. The Morgan fingerprint density at radius 3 is 2.68 bits per heavy atom. The summed E-state index contributed by atoms with van der Waals surface area (Å²) in [6.07, 6.45) is -0.0357. The predicted octanol–water partition coefficient (Wildman–Crippen LogP) is 2.73. The number of hydrogen-bond donors (Lipinski definition) is 2. The highest BCUT2D eigenvalue weighted by Crippen LogP contribution is 2.17. The summed E-state index contributed by atoms with van der Waals surface area (Å²) < 4.78 is 26.4. The molecule has 0 heterocycles. The van der Waals surface area contributed by atoms with Crippen LogP contribution < -0.4 is 11.1 Å². The highest BCUT2D eigenvalue weighted by molar-refractivity contribution is 5.92. The van der Waals surface area contributed by atoms with Gasteiger partial charge in [0.05, 0.1) is 12.1 Å². The van der Waals surface area contributed by atoms with Gasteiger partial charge >= 0.3 is 0 Å². The fraction of sp³-hybridized carbons (Fsp3) is 0.0714. The molecule has 0 saturated heterocycles. The molecule has 1 amide bonds. The molecule has 2 aromatic carbocycles. The van der Waals surface area contributed by atoms with E-state index in [0.717, 1.165) is 0 Å². The lowest BCUT2D eigenvalue weighted by atomic mass is 10.1. The second-order valence-electron chi connectivity index (χ2n) is 4.09. The summed E-state index contributed by atoms with van der Waals surface area (Å²) >= 11 is 0. The zero-order chi connectivity index (χ0) is 13.8. The van der Waals surface area contributed by atoms with Crippen LogP contribution in [0.1, 0.15) is 5.56 Å². The van der Waals surface area contributed by atoms with Gasteiger partial charge < -0.3 is 11.1 Å². The normalized spacial score (nSPS) is 10.2. The SMILES string of the molecule is Nc1ccc(F)c(NC(=O)Cc2cccc(F)c2)c1. The Kier molecular flexibility index (Phi) is 3.75. The van der Waals surface area contributed by atoms with E-state index in [9.17, 15) is 13.6 Å². The maximum Gasteiger partial charge on any atom is 0.228 e. The summed E-state index contributed by atoms with van der Waals surface area (Å²) in [5, 5.41) is 2.40. The molecular formula is C14H12F2N2O. The van der Waals surface area contributed by atoms with Gasteiger partial charge in [0.15, 0.2) is 0 Å². The number of hydrogen-bond acceptors (Lipinski definition) is 2. The third kappa shape index (κ3) is 3.51. The molecule has 0 fully saturated rings. The number of amides is 1. The third-order valence-electron chi connectivity index (χ3n) is 2.52. The molecule has 0 saturated carbocycles. The van der Waals surface area contributed by atoms with E-state index in [4.69, 9.17) is 5.73 Å². The van der Waals surface area contributed by atoms with Crippen LogP contribution in [0.3, 0.4) is 0 Å². The van der Waals surface area contributed by atoms with Crippen molar-refractivity contribution in [1.29, 1.82) is 0 Å². The summed E-state index contributed by atoms with van der Waals surface area (Å²) in [6, 6.07) is 9.59. The smallest absolute Gasteiger partial charge is 0.228 e. The van der Waals surface area contributed by atoms with Crippen LogP contribution >= 0.6 is 0 Å². The Morgan fingerprint density at radius 1 is 1.16 bits per heavy atom. The quantitative estimate of drug-likeness (QED) is 0.836. The first-order chi connectivity index (χ1) is 9.04. The first-order valence-electron chi connectivity index (χ1n) is 5.64. The standard InChI is InChI=1S/C14H12F2N2O/c15-10-3-1-2-9(6-10)7-14(19)18-13-8-11(17)4-5-12(13)16/h1-6,8H,7,17H2,(H,18,19). The van der Waals surface area contributed by atoms with Crippen molar-refractivity contribution in [3.63, 3.8) is 0 Å². The number of carbonyl (C=O) groups excluding carboxylic acids is 1. The van der Waals surface area contributed by atoms with E-state index >= 15 is 0 Å². The number of benzene rings is 2. The highest BCUT2D eigenvalue weighted by Gasteiger charge is 2.08. The van der Waals surface area contributed by atoms with Gasteiger partial charge in [-0.2, -0.15) is 0 Å². The van der Waals surface area contributed by atoms with E-state index in [1.165, 1.54) is 36.4 Å². The molecule has 19 heavy (non-hydrogen) atoms. The topological polar surface area (TPSA) is 55.1 Å². The molecule has 0 bridgehead atoms. The van der Waals surface area contributed by atoms with Gasteiger partial charge in [0.2, 0.25) is 5.91 Å². The van der Waals surface area contributed by atoms with Crippen molar-refractivity contribution in [3.05, 3.63) is 59.7 Å². The maximum absolute atomic E-state index is 13.4. The molecule has 0 aromatic heterocycles. The van der Waals surface area contributed by atoms with E-state index < -0.39 is 17.5 Å². The fourth-order valence-corrected chi connectivity index (χ4v) is 1.67. The Labute approximate surface area is 109 Å². The van der Waals surface area contributed by atoms with Crippen LogP contribution in [-0.4, -0.2) is 5.91 Å². The minimum atomic E-state index is -0.568. The van der Waals surface area contributed by atoms with Crippen LogP contribution in [0, 0.1) is 11.6 Å². The van der Waals surface area contributed by atoms with Crippen LogP contribution in [0.5, 0.6) is 0 Å². The molecule has 2 rings (SSSR count). The van der Waals surface area contributed by atoms with Crippen molar-refractivity contribution >= 4 is 17.3 Å². The maximum atomic E-state index is 13.4. The van der Waals surface area contributed by atoms with Gasteiger partial charge in [0.25, 0.3) is 0 Å². The van der Waals surface area contributed by atoms with Crippen LogP contribution in [0.2, 0.25) is 0 Å². The minimum Gasteiger partial charge on any atom is -0.399 e. The fourth-order valence-electron chi connectivity index (χ4n) is 1.67. The second kappa shape index (κ2) is 5.48. The molecule has 0 aliphatic heterocycles. The number of nitrogen functional groups attached to an aromatic ring is 1. The van der Waals surface area contributed by atoms with E-state index in [1.54, 1.807) is 6.07 Å². The van der Waals surface area contributed by atoms with Gasteiger partial charge in [0, 0.05) is 5.69 Å². The van der Waals surface area contributed by atoms with Crippen LogP contribution in [0.4, 0.5) is 20.2 Å². The van der Waals surface area contributed by atoms with Crippen molar-refractivity contribution in [2.24, 2.45) is 0 Å². The molecule has 0 radical (unpaired) electrons. The summed E-state index contributed by atoms with van der Waals surface area (Å²) in [5.74, 6) is -1.42. The molecule has 98 valence electrons. The zero-order valence-electron chi connectivity index (χ0n) is 9.99. The molecule has 2 aromatic rings. The molecule has 0 aliphatic rings. The third-order valence-corrected chi connectivity index (χ3v) is 2.52. The van der Waals surface area contributed by atoms with Crippen LogP contribution in [-0.2, 0) is 11.2 Å². The van der Waals surface area contributed by atoms with Crippen molar-refractivity contribution in [2.75, 3.05) is 11.1 Å². The number of halogens is 2. The van der Waals surface area contributed by atoms with E-state index in [-0.39, 0.29) is 12.1 Å². The second-order valence-corrected chi connectivity index (χ2v) is 4.09. The lowest BCUT2D eigenvalue weighted by molar-refractivity contribution is -0.115. The molecule has 5 heteroatoms. The Morgan fingerprint density at radius 2 is 1.95 bits per heavy atom. The average molecular weight is 262 g/mol. The van der Waals surface area contributed by atoms with Gasteiger partial charge in [-0.05, 0) is 35.9 Å². The number of nitrogens with one attached hydrogen (secondary N) is 1. The van der Waals surface area contributed by atoms with E-state index in [2.05, 4.69) is 5.32 Å². The Bertz CT molecular complexity index is 614. The number of anilines is 2. The van der Waals surface area contributed by atoms with E-state index in [1.807, 2.05) is 0 Å². The van der Waals surface area contributed by atoms with Crippen molar-refractivity contribution < 1.29 is 13.6 Å². The molecule has 3 nitrogen and oxygen atoms in total. The van der Waals surface area contributed by atoms with Crippen LogP contribution in [0.25, 0.3) is 0 Å². The summed E-state index contributed by atoms with van der Waals surface area (Å²) in [7, 11) is 0. The monoisotopic (exact) mass is 262 g/mol. The molecule has 0 spiro atoms. The number of rotatable bonds is 3. The zero-order valence-corrected chi connectivity index (χ0v) is 9.99. The Balaban J connectivity index is 2.07. The minimum absolute atomic E-state index is 0.0152. The summed E-state index contributed by atoms with van der Waals surface area (Å²) in [5.41, 5.74) is 6.39. The van der Waals surface area contributed by atoms with Gasteiger partial charge in [-0.3, -0.25) is 4.79 Å². The Hall–Kier alpha value is -2.43. The summed E-state index contributed by atoms with van der Waals surface area (Å²) in [4.78, 5) is 11.7. The molecular weight excluding hydrogens is 250 g/mol. The lowest BCUT2D eigenvalue weighted by Crippen LogP contribution is -2.15. The van der Waals surface area contributed by atoms with Gasteiger partial charge in [-0.25, -0.2) is 8.78 Å². The molecule has 0 aliphatic carbocycles.